The highest BCUT2D eigenvalue weighted by molar-refractivity contribution is 6.04. The number of aromatic nitrogens is 4. The number of β-amino-alcohol motifs (C(OH)–C–C–N with tert-alkyl or cyclic N) is 1. The number of amides is 1. The molecule has 3 N–H and O–H groups in total. The summed E-state index contributed by atoms with van der Waals surface area (Å²) in [5, 5.41) is 15.3. The highest BCUT2D eigenvalue weighted by Gasteiger charge is 2.21. The van der Waals surface area contributed by atoms with Gasteiger partial charge in [0.15, 0.2) is 5.82 Å². The molecule has 3 heterocycles. The Kier molecular flexibility index (Phi) is 8.20. The lowest BCUT2D eigenvalue weighted by molar-refractivity contribution is 0.102. The fraction of sp³-hybridized carbons (Fsp3) is 0.250. The Morgan fingerprint density at radius 1 is 0.949 bits per heavy atom. The number of aliphatic hydroxyl groups is 1. The van der Waals surface area contributed by atoms with E-state index in [0.29, 0.717) is 41.3 Å². The van der Waals surface area contributed by atoms with E-state index < -0.39 is 0 Å². The Hall–Kier alpha value is -4.61. The van der Waals surface area contributed by atoms with Crippen molar-refractivity contribution < 1.29 is 14.6 Å². The molecule has 39 heavy (non-hydrogen) atoms. The smallest absolute Gasteiger partial charge is 0.257 e. The number of nitrogens with one attached hydrogen (secondary N) is 2. The molecule has 1 fully saturated rings. The maximum Gasteiger partial charge on any atom is 0.257 e. The molecule has 1 amide bonds. The second kappa shape index (κ2) is 12.3. The lowest BCUT2D eigenvalue weighted by Crippen LogP contribution is -2.47. The van der Waals surface area contributed by atoms with Crippen molar-refractivity contribution >= 4 is 29.3 Å². The molecule has 1 aliphatic heterocycles. The van der Waals surface area contributed by atoms with E-state index >= 15 is 0 Å². The van der Waals surface area contributed by atoms with Gasteiger partial charge in [0.05, 0.1) is 19.3 Å². The molecule has 5 rings (SSSR count). The van der Waals surface area contributed by atoms with E-state index in [1.54, 1.807) is 19.2 Å². The number of benzene rings is 2. The number of para-hydroxylation sites is 1. The first-order valence-electron chi connectivity index (χ1n) is 12.7. The normalized spacial score (nSPS) is 13.6. The SMILES string of the molecule is COc1ccc(-c2nc(Nc3ccc(C(=O)Nc4ccccc4)cn3)nc(N3CCN(CCO)CC3)n2)cc1. The Morgan fingerprint density at radius 2 is 1.72 bits per heavy atom. The first-order chi connectivity index (χ1) is 19.1. The van der Waals surface area contributed by atoms with Crippen molar-refractivity contribution in [3.63, 3.8) is 0 Å². The zero-order chi connectivity index (χ0) is 27.0. The molecule has 1 aliphatic rings. The molecule has 2 aromatic heterocycles. The molecule has 0 bridgehead atoms. The number of nitrogens with zero attached hydrogens (tertiary/aromatic N) is 6. The van der Waals surface area contributed by atoms with Crippen LogP contribution in [0.4, 0.5) is 23.4 Å². The Balaban J connectivity index is 1.36. The van der Waals surface area contributed by atoms with Crippen molar-refractivity contribution in [1.82, 2.24) is 24.8 Å². The highest BCUT2D eigenvalue weighted by Crippen LogP contribution is 2.24. The van der Waals surface area contributed by atoms with Gasteiger partial charge in [-0.3, -0.25) is 9.69 Å². The van der Waals surface area contributed by atoms with Gasteiger partial charge in [-0.2, -0.15) is 15.0 Å². The minimum atomic E-state index is -0.246. The predicted octanol–water partition coefficient (Wildman–Crippen LogP) is 3.05. The van der Waals surface area contributed by atoms with Crippen molar-refractivity contribution in [2.75, 3.05) is 62.0 Å². The zero-order valence-corrected chi connectivity index (χ0v) is 21.6. The maximum atomic E-state index is 12.6. The van der Waals surface area contributed by atoms with Gasteiger partial charge in [-0.15, -0.1) is 0 Å². The summed E-state index contributed by atoms with van der Waals surface area (Å²) in [6, 6.07) is 20.2. The predicted molar refractivity (Wildman–Crippen MR) is 149 cm³/mol. The second-order valence-corrected chi connectivity index (χ2v) is 8.94. The van der Waals surface area contributed by atoms with E-state index in [0.717, 1.165) is 37.5 Å². The molecule has 2 aromatic carbocycles. The van der Waals surface area contributed by atoms with E-state index in [2.05, 4.69) is 35.4 Å². The molecule has 200 valence electrons. The van der Waals surface area contributed by atoms with Crippen molar-refractivity contribution in [2.45, 2.75) is 0 Å². The van der Waals surface area contributed by atoms with Gasteiger partial charge < -0.3 is 25.4 Å². The molecular formula is C28H30N8O3. The molecule has 0 unspecified atom stereocenters. The molecule has 1 saturated heterocycles. The van der Waals surface area contributed by atoms with Crippen LogP contribution in [-0.2, 0) is 0 Å². The van der Waals surface area contributed by atoms with Gasteiger partial charge in [-0.25, -0.2) is 4.98 Å². The fourth-order valence-corrected chi connectivity index (χ4v) is 4.19. The summed E-state index contributed by atoms with van der Waals surface area (Å²) >= 11 is 0. The standard InChI is InChI=1S/C28H30N8O3/c1-39-23-10-7-20(8-11-23)25-32-27(34-28(33-25)36-15-13-35(14-16-36)17-18-37)31-24-12-9-21(19-29-24)26(38)30-22-5-3-2-4-6-22/h2-12,19,37H,13-18H2,1H3,(H,30,38)(H,29,31,32,33,34). The molecule has 0 aliphatic carbocycles. The third-order valence-corrected chi connectivity index (χ3v) is 6.34. The minimum Gasteiger partial charge on any atom is -0.497 e. The van der Waals surface area contributed by atoms with Crippen molar-refractivity contribution in [3.05, 3.63) is 78.5 Å². The monoisotopic (exact) mass is 526 g/mol. The van der Waals surface area contributed by atoms with Gasteiger partial charge in [0.1, 0.15) is 11.6 Å². The van der Waals surface area contributed by atoms with E-state index in [-0.39, 0.29) is 12.5 Å². The third kappa shape index (κ3) is 6.64. The van der Waals surface area contributed by atoms with Gasteiger partial charge >= 0.3 is 0 Å². The van der Waals surface area contributed by atoms with E-state index in [1.807, 2.05) is 54.6 Å². The molecule has 0 spiro atoms. The first kappa shape index (κ1) is 26.0. The molecule has 0 radical (unpaired) electrons. The lowest BCUT2D eigenvalue weighted by Gasteiger charge is -2.34. The number of hydrogen-bond donors (Lipinski definition) is 3. The van der Waals surface area contributed by atoms with Crippen LogP contribution in [0.3, 0.4) is 0 Å². The van der Waals surface area contributed by atoms with Crippen LogP contribution in [0, 0.1) is 0 Å². The lowest BCUT2D eigenvalue weighted by atomic mass is 10.2. The summed E-state index contributed by atoms with van der Waals surface area (Å²) in [6.07, 6.45) is 1.51. The number of hydrogen-bond acceptors (Lipinski definition) is 10. The number of piperazine rings is 1. The van der Waals surface area contributed by atoms with Gasteiger partial charge in [0, 0.05) is 50.2 Å². The van der Waals surface area contributed by atoms with Crippen molar-refractivity contribution in [3.8, 4) is 17.1 Å². The van der Waals surface area contributed by atoms with Gasteiger partial charge in [0.2, 0.25) is 11.9 Å². The van der Waals surface area contributed by atoms with Crippen LogP contribution in [0.25, 0.3) is 11.4 Å². The number of rotatable bonds is 9. The number of pyridine rings is 1. The third-order valence-electron chi connectivity index (χ3n) is 6.34. The molecule has 4 aromatic rings. The number of ether oxygens (including phenoxy) is 1. The average molecular weight is 527 g/mol. The molecule has 11 nitrogen and oxygen atoms in total. The van der Waals surface area contributed by atoms with Crippen LogP contribution in [0.5, 0.6) is 5.75 Å². The average Bonchev–Trinajstić information content (AvgIpc) is 2.98. The number of aliphatic hydroxyl groups excluding tert-OH is 1. The van der Waals surface area contributed by atoms with Crippen molar-refractivity contribution in [1.29, 1.82) is 0 Å². The molecule has 0 atom stereocenters. The number of anilines is 4. The van der Waals surface area contributed by atoms with Gasteiger partial charge in [-0.1, -0.05) is 18.2 Å². The summed E-state index contributed by atoms with van der Waals surface area (Å²) in [7, 11) is 1.62. The van der Waals surface area contributed by atoms with Gasteiger partial charge in [-0.05, 0) is 48.5 Å². The summed E-state index contributed by atoms with van der Waals surface area (Å²) in [5.74, 6) is 2.41. The first-order valence-corrected chi connectivity index (χ1v) is 12.7. The fourth-order valence-electron chi connectivity index (χ4n) is 4.19. The van der Waals surface area contributed by atoms with E-state index in [1.165, 1.54) is 6.20 Å². The number of carbonyl (C=O) groups is 1. The molecule has 0 saturated carbocycles. The number of methoxy groups -OCH3 is 1. The Bertz CT molecular complexity index is 1380. The number of carbonyl (C=O) groups excluding carboxylic acids is 1. The molecular weight excluding hydrogens is 496 g/mol. The van der Waals surface area contributed by atoms with Crippen LogP contribution in [0.15, 0.2) is 72.9 Å². The van der Waals surface area contributed by atoms with Crippen LogP contribution in [0.2, 0.25) is 0 Å². The van der Waals surface area contributed by atoms with E-state index in [9.17, 15) is 9.90 Å². The quantitative estimate of drug-likeness (QED) is 0.299. The van der Waals surface area contributed by atoms with Crippen LogP contribution in [-0.4, -0.2) is 82.3 Å². The zero-order valence-electron chi connectivity index (χ0n) is 21.6. The summed E-state index contributed by atoms with van der Waals surface area (Å²) in [5.41, 5.74) is 1.97. The summed E-state index contributed by atoms with van der Waals surface area (Å²) < 4.78 is 5.28. The second-order valence-electron chi connectivity index (χ2n) is 8.94. The Morgan fingerprint density at radius 3 is 2.38 bits per heavy atom. The maximum absolute atomic E-state index is 12.6. The summed E-state index contributed by atoms with van der Waals surface area (Å²) in [4.78, 5) is 35.4. The van der Waals surface area contributed by atoms with Crippen LogP contribution < -0.4 is 20.3 Å². The van der Waals surface area contributed by atoms with Crippen LogP contribution >= 0.6 is 0 Å². The van der Waals surface area contributed by atoms with Crippen molar-refractivity contribution in [2.24, 2.45) is 0 Å². The highest BCUT2D eigenvalue weighted by atomic mass is 16.5. The van der Waals surface area contributed by atoms with Gasteiger partial charge in [0.25, 0.3) is 5.91 Å². The topological polar surface area (TPSA) is 129 Å². The largest absolute Gasteiger partial charge is 0.497 e. The van der Waals surface area contributed by atoms with E-state index in [4.69, 9.17) is 9.72 Å². The summed E-state index contributed by atoms with van der Waals surface area (Å²) in [6.45, 7) is 3.87. The minimum absolute atomic E-state index is 0.140. The Labute approximate surface area is 226 Å². The molecule has 11 heteroatoms. The van der Waals surface area contributed by atoms with Crippen LogP contribution in [0.1, 0.15) is 10.4 Å².